The van der Waals surface area contributed by atoms with Gasteiger partial charge in [0, 0.05) is 18.7 Å². The van der Waals surface area contributed by atoms with Gasteiger partial charge in [-0.15, -0.1) is 0 Å². The molecule has 1 amide bonds. The van der Waals surface area contributed by atoms with Gasteiger partial charge in [0.25, 0.3) is 5.91 Å². The van der Waals surface area contributed by atoms with Gasteiger partial charge in [0.15, 0.2) is 0 Å². The molecule has 26 heavy (non-hydrogen) atoms. The summed E-state index contributed by atoms with van der Waals surface area (Å²) in [7, 11) is 0. The van der Waals surface area contributed by atoms with Crippen LogP contribution in [-0.2, 0) is 14.3 Å². The first kappa shape index (κ1) is 18.1. The Bertz CT molecular complexity index is 782. The van der Waals surface area contributed by atoms with Gasteiger partial charge in [-0.2, -0.15) is 0 Å². The number of morpholine rings is 1. The quantitative estimate of drug-likeness (QED) is 0.793. The predicted octanol–water partition coefficient (Wildman–Crippen LogP) is 3.06. The van der Waals surface area contributed by atoms with E-state index in [1.54, 1.807) is 23.1 Å². The first-order chi connectivity index (χ1) is 12.6. The van der Waals surface area contributed by atoms with Crippen LogP contribution in [0.1, 0.15) is 33.2 Å². The van der Waals surface area contributed by atoms with Crippen LogP contribution in [0.2, 0.25) is 0 Å². The van der Waals surface area contributed by atoms with Crippen molar-refractivity contribution >= 4 is 11.9 Å². The van der Waals surface area contributed by atoms with Crippen LogP contribution >= 0.6 is 0 Å². The van der Waals surface area contributed by atoms with E-state index in [-0.39, 0.29) is 5.91 Å². The average Bonchev–Trinajstić information content (AvgIpc) is 2.69. The molecule has 1 aliphatic rings. The Morgan fingerprint density at radius 2 is 1.69 bits per heavy atom. The Balaban J connectivity index is 1.87. The maximum atomic E-state index is 13.0. The van der Waals surface area contributed by atoms with Crippen LogP contribution < -0.4 is 0 Å². The minimum Gasteiger partial charge on any atom is -0.444 e. The molecule has 0 N–H and O–H groups in total. The predicted molar refractivity (Wildman–Crippen MR) is 97.9 cm³/mol. The Labute approximate surface area is 153 Å². The van der Waals surface area contributed by atoms with Crippen molar-refractivity contribution in [1.82, 2.24) is 4.90 Å². The van der Waals surface area contributed by atoms with Crippen molar-refractivity contribution in [2.24, 2.45) is 0 Å². The summed E-state index contributed by atoms with van der Waals surface area (Å²) in [5, 5.41) is 0. The highest BCUT2D eigenvalue weighted by Gasteiger charge is 2.31. The molecular formula is C21H23NO4. The Morgan fingerprint density at radius 3 is 2.38 bits per heavy atom. The topological polar surface area (TPSA) is 55.8 Å². The fraction of sp³-hybridized carbons (Fsp3) is 0.333. The molecule has 1 aliphatic heterocycles. The molecule has 136 valence electrons. The Kier molecular flexibility index (Phi) is 5.68. The second-order valence-corrected chi connectivity index (χ2v) is 6.38. The van der Waals surface area contributed by atoms with E-state index in [2.05, 4.69) is 0 Å². The van der Waals surface area contributed by atoms with E-state index in [1.165, 1.54) is 0 Å². The molecular weight excluding hydrogens is 330 g/mol. The average molecular weight is 353 g/mol. The molecule has 3 rings (SSSR count). The second-order valence-electron chi connectivity index (χ2n) is 6.38. The number of aryl methyl sites for hydroxylation is 1. The number of carbonyl (C=O) groups is 2. The summed E-state index contributed by atoms with van der Waals surface area (Å²) in [6, 6.07) is 14.6. The normalized spacial score (nSPS) is 15.4. The van der Waals surface area contributed by atoms with E-state index >= 15 is 0 Å². The summed E-state index contributed by atoms with van der Waals surface area (Å²) in [6.07, 6.45) is -0.957. The largest absolute Gasteiger partial charge is 0.444 e. The molecule has 2 aromatic rings. The summed E-state index contributed by atoms with van der Waals surface area (Å²) in [4.78, 5) is 27.5. The second kappa shape index (κ2) is 8.15. The lowest BCUT2D eigenvalue weighted by molar-refractivity contribution is -0.145. The van der Waals surface area contributed by atoms with Crippen molar-refractivity contribution in [3.8, 4) is 0 Å². The molecule has 5 heteroatoms. The zero-order valence-corrected chi connectivity index (χ0v) is 15.1. The van der Waals surface area contributed by atoms with Crippen LogP contribution in [0, 0.1) is 13.8 Å². The number of esters is 1. The smallest absolute Gasteiger partial charge is 0.339 e. The fourth-order valence-electron chi connectivity index (χ4n) is 2.98. The highest BCUT2D eigenvalue weighted by molar-refractivity contribution is 5.94. The van der Waals surface area contributed by atoms with Gasteiger partial charge in [-0.3, -0.25) is 4.79 Å². The lowest BCUT2D eigenvalue weighted by atomic mass is 10.0. The molecule has 0 bridgehead atoms. The molecule has 0 spiro atoms. The highest BCUT2D eigenvalue weighted by atomic mass is 16.5. The molecule has 1 heterocycles. The molecule has 1 atom stereocenters. The standard InChI is InChI=1S/C21H23NO4/c1-15-7-6-10-18(16(15)2)21(24)26-19(17-8-4-3-5-9-17)20(23)22-11-13-25-14-12-22/h3-10,19H,11-14H2,1-2H3. The van der Waals surface area contributed by atoms with Gasteiger partial charge in [-0.1, -0.05) is 42.5 Å². The van der Waals surface area contributed by atoms with Gasteiger partial charge < -0.3 is 14.4 Å². The van der Waals surface area contributed by atoms with Crippen LogP contribution in [0.4, 0.5) is 0 Å². The molecule has 2 aromatic carbocycles. The third-order valence-electron chi connectivity index (χ3n) is 4.70. The molecule has 0 aromatic heterocycles. The first-order valence-corrected chi connectivity index (χ1v) is 8.76. The highest BCUT2D eigenvalue weighted by Crippen LogP contribution is 2.24. The number of rotatable bonds is 4. The van der Waals surface area contributed by atoms with Crippen molar-refractivity contribution < 1.29 is 19.1 Å². The van der Waals surface area contributed by atoms with Crippen molar-refractivity contribution in [2.75, 3.05) is 26.3 Å². The lowest BCUT2D eigenvalue weighted by Crippen LogP contribution is -2.44. The minimum absolute atomic E-state index is 0.210. The molecule has 0 saturated carbocycles. The minimum atomic E-state index is -0.957. The molecule has 1 unspecified atom stereocenters. The maximum absolute atomic E-state index is 13.0. The number of hydrogen-bond donors (Lipinski definition) is 0. The number of benzene rings is 2. The Hall–Kier alpha value is -2.66. The molecule has 1 saturated heterocycles. The van der Waals surface area contributed by atoms with Crippen molar-refractivity contribution in [1.29, 1.82) is 0 Å². The van der Waals surface area contributed by atoms with Gasteiger partial charge in [0.05, 0.1) is 18.8 Å². The van der Waals surface area contributed by atoms with Crippen molar-refractivity contribution in [3.63, 3.8) is 0 Å². The summed E-state index contributed by atoms with van der Waals surface area (Å²) in [5.41, 5.74) is 3.03. The molecule has 5 nitrogen and oxygen atoms in total. The van der Waals surface area contributed by atoms with Gasteiger partial charge in [-0.25, -0.2) is 4.79 Å². The van der Waals surface area contributed by atoms with E-state index in [0.717, 1.165) is 11.1 Å². The van der Waals surface area contributed by atoms with Crippen LogP contribution in [0.25, 0.3) is 0 Å². The summed E-state index contributed by atoms with van der Waals surface area (Å²) in [5.74, 6) is -0.695. The maximum Gasteiger partial charge on any atom is 0.339 e. The number of amides is 1. The third-order valence-corrected chi connectivity index (χ3v) is 4.70. The summed E-state index contributed by atoms with van der Waals surface area (Å²) in [6.45, 7) is 5.83. The summed E-state index contributed by atoms with van der Waals surface area (Å²) >= 11 is 0. The molecule has 0 aliphatic carbocycles. The monoisotopic (exact) mass is 353 g/mol. The van der Waals surface area contributed by atoms with Gasteiger partial charge in [-0.05, 0) is 31.0 Å². The van der Waals surface area contributed by atoms with E-state index in [4.69, 9.17) is 9.47 Å². The fourth-order valence-corrected chi connectivity index (χ4v) is 2.98. The van der Waals surface area contributed by atoms with E-state index in [9.17, 15) is 9.59 Å². The van der Waals surface area contributed by atoms with Crippen LogP contribution in [0.5, 0.6) is 0 Å². The summed E-state index contributed by atoms with van der Waals surface area (Å²) < 4.78 is 11.0. The lowest BCUT2D eigenvalue weighted by Gasteiger charge is -2.30. The number of carbonyl (C=O) groups excluding carboxylic acids is 2. The van der Waals surface area contributed by atoms with Crippen LogP contribution in [0.15, 0.2) is 48.5 Å². The zero-order chi connectivity index (χ0) is 18.5. The SMILES string of the molecule is Cc1cccc(C(=O)OC(C(=O)N2CCOCC2)c2ccccc2)c1C. The number of ether oxygens (including phenoxy) is 2. The third kappa shape index (κ3) is 3.94. The molecule has 1 fully saturated rings. The Morgan fingerprint density at radius 1 is 1.00 bits per heavy atom. The van der Waals surface area contributed by atoms with E-state index in [1.807, 2.05) is 44.2 Å². The van der Waals surface area contributed by atoms with Crippen molar-refractivity contribution in [3.05, 3.63) is 70.8 Å². The van der Waals surface area contributed by atoms with Crippen molar-refractivity contribution in [2.45, 2.75) is 20.0 Å². The van der Waals surface area contributed by atoms with Crippen LogP contribution in [-0.4, -0.2) is 43.1 Å². The number of nitrogens with zero attached hydrogens (tertiary/aromatic N) is 1. The van der Waals surface area contributed by atoms with E-state index in [0.29, 0.717) is 37.4 Å². The van der Waals surface area contributed by atoms with Gasteiger partial charge >= 0.3 is 5.97 Å². The van der Waals surface area contributed by atoms with Gasteiger partial charge in [0.2, 0.25) is 6.10 Å². The van der Waals surface area contributed by atoms with Gasteiger partial charge in [0.1, 0.15) is 0 Å². The number of hydrogen-bond acceptors (Lipinski definition) is 4. The first-order valence-electron chi connectivity index (χ1n) is 8.76. The van der Waals surface area contributed by atoms with Crippen LogP contribution in [0.3, 0.4) is 0 Å². The zero-order valence-electron chi connectivity index (χ0n) is 15.1. The molecule has 0 radical (unpaired) electrons. The van der Waals surface area contributed by atoms with E-state index < -0.39 is 12.1 Å².